The van der Waals surface area contributed by atoms with Crippen LogP contribution in [0.2, 0.25) is 10.3 Å². The van der Waals surface area contributed by atoms with Crippen molar-refractivity contribution in [2.24, 2.45) is 0 Å². The molecule has 0 aliphatic rings. The largest absolute Gasteiger partial charge is 0.268 e. The monoisotopic (exact) mass is 403 g/mol. The van der Waals surface area contributed by atoms with Crippen molar-refractivity contribution in [3.63, 3.8) is 0 Å². The highest BCUT2D eigenvalue weighted by Gasteiger charge is 2.23. The van der Waals surface area contributed by atoms with Crippen LogP contribution < -0.4 is 0 Å². The van der Waals surface area contributed by atoms with Crippen LogP contribution in [0.25, 0.3) is 22.2 Å². The minimum atomic E-state index is -3.78. The Labute approximate surface area is 159 Å². The van der Waals surface area contributed by atoms with E-state index >= 15 is 0 Å². The van der Waals surface area contributed by atoms with Gasteiger partial charge in [0.25, 0.3) is 10.0 Å². The van der Waals surface area contributed by atoms with Crippen LogP contribution in [0, 0.1) is 0 Å². The van der Waals surface area contributed by atoms with Gasteiger partial charge in [0.15, 0.2) is 0 Å². The van der Waals surface area contributed by atoms with E-state index in [0.29, 0.717) is 22.2 Å². The van der Waals surface area contributed by atoms with Gasteiger partial charge in [-0.2, -0.15) is 0 Å². The number of fused-ring (bicyclic) bond motifs is 1. The van der Waals surface area contributed by atoms with Gasteiger partial charge in [-0.25, -0.2) is 22.4 Å². The van der Waals surface area contributed by atoms with Crippen LogP contribution in [0.15, 0.2) is 71.9 Å². The number of rotatable bonds is 3. The third-order valence-electron chi connectivity index (χ3n) is 3.95. The average molecular weight is 404 g/mol. The first-order chi connectivity index (χ1) is 12.5. The van der Waals surface area contributed by atoms with Crippen molar-refractivity contribution < 1.29 is 8.42 Å². The number of benzene rings is 2. The summed E-state index contributed by atoms with van der Waals surface area (Å²) in [6.07, 6.45) is 2.90. The Bertz CT molecular complexity index is 1220. The van der Waals surface area contributed by atoms with Gasteiger partial charge in [0.05, 0.1) is 27.3 Å². The van der Waals surface area contributed by atoms with Crippen LogP contribution in [0.4, 0.5) is 0 Å². The van der Waals surface area contributed by atoms with E-state index in [2.05, 4.69) is 9.97 Å². The summed E-state index contributed by atoms with van der Waals surface area (Å²) in [5, 5.41) is 1.02. The van der Waals surface area contributed by atoms with Crippen molar-refractivity contribution in [2.45, 2.75) is 4.90 Å². The van der Waals surface area contributed by atoms with Crippen LogP contribution in [0.1, 0.15) is 0 Å². The first-order valence-corrected chi connectivity index (χ1v) is 9.77. The van der Waals surface area contributed by atoms with Gasteiger partial charge >= 0.3 is 0 Å². The van der Waals surface area contributed by atoms with Gasteiger partial charge in [0.2, 0.25) is 5.28 Å². The third-order valence-corrected chi connectivity index (χ3v) is 6.09. The molecule has 26 heavy (non-hydrogen) atoms. The van der Waals surface area contributed by atoms with Crippen LogP contribution in [-0.2, 0) is 10.0 Å². The molecule has 0 saturated carbocycles. The molecule has 2 aromatic heterocycles. The van der Waals surface area contributed by atoms with E-state index in [1.807, 2.05) is 12.1 Å². The zero-order valence-electron chi connectivity index (χ0n) is 13.2. The molecule has 0 aliphatic heterocycles. The molecule has 4 rings (SSSR count). The SMILES string of the molecule is O=S(=O)(c1ccccc1)n1cc(-c2nc(Cl)ncc2Cl)c2ccccc21. The number of halogens is 2. The van der Waals surface area contributed by atoms with Gasteiger partial charge in [-0.15, -0.1) is 0 Å². The average Bonchev–Trinajstić information content (AvgIpc) is 3.05. The number of para-hydroxylation sites is 1. The molecular formula is C18H11Cl2N3O2S. The summed E-state index contributed by atoms with van der Waals surface area (Å²) in [5.74, 6) is 0. The maximum Gasteiger partial charge on any atom is 0.268 e. The van der Waals surface area contributed by atoms with E-state index < -0.39 is 10.0 Å². The zero-order chi connectivity index (χ0) is 18.3. The lowest BCUT2D eigenvalue weighted by Crippen LogP contribution is -2.11. The molecule has 2 aromatic carbocycles. The van der Waals surface area contributed by atoms with E-state index in [-0.39, 0.29) is 15.2 Å². The second-order valence-electron chi connectivity index (χ2n) is 5.51. The minimum absolute atomic E-state index is 0.0344. The number of hydrogen-bond acceptors (Lipinski definition) is 4. The van der Waals surface area contributed by atoms with Gasteiger partial charge < -0.3 is 0 Å². The van der Waals surface area contributed by atoms with E-state index in [4.69, 9.17) is 23.2 Å². The van der Waals surface area contributed by atoms with E-state index in [1.54, 1.807) is 42.5 Å². The molecule has 0 aliphatic carbocycles. The molecule has 0 atom stereocenters. The quantitative estimate of drug-likeness (QED) is 0.467. The number of hydrogen-bond donors (Lipinski definition) is 0. The molecule has 0 fully saturated rings. The Hall–Kier alpha value is -2.41. The summed E-state index contributed by atoms with van der Waals surface area (Å²) in [6.45, 7) is 0. The maximum atomic E-state index is 13.1. The summed E-state index contributed by atoms with van der Waals surface area (Å²) in [5.41, 5.74) is 1.47. The van der Waals surface area contributed by atoms with Crippen LogP contribution >= 0.6 is 23.2 Å². The van der Waals surface area contributed by atoms with Gasteiger partial charge in [-0.1, -0.05) is 48.0 Å². The molecule has 0 bridgehead atoms. The highest BCUT2D eigenvalue weighted by molar-refractivity contribution is 7.90. The fourth-order valence-corrected chi connectivity index (χ4v) is 4.49. The van der Waals surface area contributed by atoms with Crippen molar-refractivity contribution >= 4 is 44.1 Å². The molecule has 0 radical (unpaired) electrons. The Morgan fingerprint density at radius 2 is 1.62 bits per heavy atom. The Morgan fingerprint density at radius 1 is 0.923 bits per heavy atom. The van der Waals surface area contributed by atoms with Gasteiger partial charge in [0, 0.05) is 17.1 Å². The van der Waals surface area contributed by atoms with E-state index in [0.717, 1.165) is 0 Å². The van der Waals surface area contributed by atoms with Crippen molar-refractivity contribution in [1.82, 2.24) is 13.9 Å². The molecule has 0 saturated heterocycles. The lowest BCUT2D eigenvalue weighted by Gasteiger charge is -2.07. The molecule has 8 heteroatoms. The lowest BCUT2D eigenvalue weighted by molar-refractivity contribution is 0.589. The van der Waals surface area contributed by atoms with E-state index in [1.165, 1.54) is 16.4 Å². The highest BCUT2D eigenvalue weighted by atomic mass is 35.5. The molecule has 0 spiro atoms. The van der Waals surface area contributed by atoms with E-state index in [9.17, 15) is 8.42 Å². The van der Waals surface area contributed by atoms with Crippen molar-refractivity contribution in [3.05, 3.63) is 77.3 Å². The molecule has 0 unspecified atom stereocenters. The first kappa shape index (κ1) is 17.0. The molecule has 5 nitrogen and oxygen atoms in total. The standard InChI is InChI=1S/C18H11Cl2N3O2S/c19-15-10-21-18(20)22-17(15)14-11-23(16-9-5-4-8-13(14)16)26(24,25)12-6-2-1-3-7-12/h1-11H. The lowest BCUT2D eigenvalue weighted by atomic mass is 10.1. The van der Waals surface area contributed by atoms with Gasteiger partial charge in [-0.05, 0) is 29.8 Å². The maximum absolute atomic E-state index is 13.1. The highest BCUT2D eigenvalue weighted by Crippen LogP contribution is 2.35. The summed E-state index contributed by atoms with van der Waals surface area (Å²) in [4.78, 5) is 8.21. The second kappa shape index (κ2) is 6.39. The molecule has 0 N–H and O–H groups in total. The minimum Gasteiger partial charge on any atom is -0.240 e. The predicted molar refractivity (Wildman–Crippen MR) is 102 cm³/mol. The second-order valence-corrected chi connectivity index (χ2v) is 8.07. The van der Waals surface area contributed by atoms with Crippen LogP contribution in [0.3, 0.4) is 0 Å². The normalized spacial score (nSPS) is 11.8. The molecule has 130 valence electrons. The fourth-order valence-electron chi connectivity index (χ4n) is 2.78. The Kier molecular flexibility index (Phi) is 4.19. The Balaban J connectivity index is 2.04. The molecule has 4 aromatic rings. The summed E-state index contributed by atoms with van der Waals surface area (Å²) in [7, 11) is -3.78. The smallest absolute Gasteiger partial charge is 0.240 e. The predicted octanol–water partition coefficient (Wildman–Crippen LogP) is 4.64. The third kappa shape index (κ3) is 2.76. The fraction of sp³-hybridized carbons (Fsp3) is 0. The van der Waals surface area contributed by atoms with Crippen LogP contribution in [-0.4, -0.2) is 22.4 Å². The van der Waals surface area contributed by atoms with Gasteiger partial charge in [0.1, 0.15) is 0 Å². The number of aromatic nitrogens is 3. The van der Waals surface area contributed by atoms with Crippen molar-refractivity contribution in [2.75, 3.05) is 0 Å². The summed E-state index contributed by atoms with van der Waals surface area (Å²) < 4.78 is 27.5. The topological polar surface area (TPSA) is 64.8 Å². The molecule has 0 amide bonds. The summed E-state index contributed by atoms with van der Waals surface area (Å²) in [6, 6.07) is 15.4. The summed E-state index contributed by atoms with van der Waals surface area (Å²) >= 11 is 12.1. The Morgan fingerprint density at radius 3 is 2.38 bits per heavy atom. The number of nitrogens with zero attached hydrogens (tertiary/aromatic N) is 3. The van der Waals surface area contributed by atoms with Gasteiger partial charge in [-0.3, -0.25) is 0 Å². The van der Waals surface area contributed by atoms with Crippen molar-refractivity contribution in [1.29, 1.82) is 0 Å². The van der Waals surface area contributed by atoms with Crippen molar-refractivity contribution in [3.8, 4) is 11.3 Å². The zero-order valence-corrected chi connectivity index (χ0v) is 15.5. The molecular weight excluding hydrogens is 393 g/mol. The first-order valence-electron chi connectivity index (χ1n) is 7.57. The van der Waals surface area contributed by atoms with Crippen LogP contribution in [0.5, 0.6) is 0 Å². The molecule has 2 heterocycles.